The fraction of sp³-hybridized carbons (Fsp3) is 0.632. The number of ether oxygens (including phenoxy) is 2. The molecule has 1 unspecified atom stereocenters. The van der Waals surface area contributed by atoms with E-state index in [-0.39, 0.29) is 25.0 Å². The molecule has 1 atom stereocenters. The van der Waals surface area contributed by atoms with Gasteiger partial charge in [-0.25, -0.2) is 4.79 Å². The minimum atomic E-state index is -0.597. The quantitative estimate of drug-likeness (QED) is 0.456. The first-order chi connectivity index (χ1) is 12.0. The molecule has 1 aliphatic heterocycles. The largest absolute Gasteiger partial charge is 1.00 e. The maximum atomic E-state index is 12.0. The van der Waals surface area contributed by atoms with Crippen LogP contribution in [0.15, 0.2) is 24.3 Å². The Hall–Kier alpha value is -0.850. The first-order valence-electron chi connectivity index (χ1n) is 9.04. The highest BCUT2D eigenvalue weighted by Gasteiger charge is 2.35. The molecule has 2 rings (SSSR count). The summed E-state index contributed by atoms with van der Waals surface area (Å²) in [7, 11) is 0. The van der Waals surface area contributed by atoms with Crippen molar-refractivity contribution in [1.29, 1.82) is 0 Å². The number of carbonyl (C=O) groups excluding carboxylic acids is 1. The van der Waals surface area contributed by atoms with Gasteiger partial charge in [0.15, 0.2) is 6.54 Å². The van der Waals surface area contributed by atoms with Crippen LogP contribution in [0.5, 0.6) is 0 Å². The van der Waals surface area contributed by atoms with Crippen LogP contribution < -0.4 is 12.4 Å². The Bertz CT molecular complexity index is 533. The van der Waals surface area contributed by atoms with Gasteiger partial charge in [-0.1, -0.05) is 23.7 Å². The summed E-state index contributed by atoms with van der Waals surface area (Å²) in [6.45, 7) is 5.59. The van der Waals surface area contributed by atoms with Crippen molar-refractivity contribution in [3.8, 4) is 0 Å². The summed E-state index contributed by atoms with van der Waals surface area (Å²) in [4.78, 5) is 12.0. The Balaban J connectivity index is 0.00000338. The van der Waals surface area contributed by atoms with Crippen LogP contribution in [0.4, 0.5) is 0 Å². The molecule has 0 saturated carbocycles. The first-order valence-corrected chi connectivity index (χ1v) is 9.42. The van der Waals surface area contributed by atoms with E-state index in [0.717, 1.165) is 31.5 Å². The van der Waals surface area contributed by atoms with E-state index < -0.39 is 6.10 Å². The molecule has 1 fully saturated rings. The second kappa shape index (κ2) is 11.8. The second-order valence-electron chi connectivity index (χ2n) is 6.79. The van der Waals surface area contributed by atoms with Crippen LogP contribution in [0.3, 0.4) is 0 Å². The number of hydrogen-bond acceptors (Lipinski definition) is 4. The van der Waals surface area contributed by atoms with E-state index in [4.69, 9.17) is 21.1 Å². The zero-order valence-electron chi connectivity index (χ0n) is 15.3. The normalized spacial score (nSPS) is 17.2. The number of nitrogens with zero attached hydrogens (tertiary/aromatic N) is 1. The standard InChI is InChI=1S/C19H29ClNO4.ClH/c1-2-25-19(23)13-21(10-4-3-5-11-21)12-18(22)15-24-14-16-6-8-17(20)9-7-16;/h6-9,18,22H,2-5,10-15H2,1H3;1H/q+1;/p-1. The van der Waals surface area contributed by atoms with Crippen molar-refractivity contribution in [2.45, 2.75) is 38.9 Å². The number of benzene rings is 1. The van der Waals surface area contributed by atoms with Crippen molar-refractivity contribution in [3.05, 3.63) is 34.9 Å². The van der Waals surface area contributed by atoms with Gasteiger partial charge in [0, 0.05) is 5.02 Å². The summed E-state index contributed by atoms with van der Waals surface area (Å²) in [5.74, 6) is -0.182. The Morgan fingerprint density at radius 1 is 1.23 bits per heavy atom. The van der Waals surface area contributed by atoms with Crippen LogP contribution in [0.1, 0.15) is 31.7 Å². The van der Waals surface area contributed by atoms with E-state index >= 15 is 0 Å². The number of likely N-dealkylation sites (tertiary alicyclic amines) is 1. The fourth-order valence-electron chi connectivity index (χ4n) is 3.46. The summed E-state index contributed by atoms with van der Waals surface area (Å²) < 4.78 is 11.4. The van der Waals surface area contributed by atoms with Gasteiger partial charge < -0.3 is 31.5 Å². The summed E-state index contributed by atoms with van der Waals surface area (Å²) >= 11 is 5.86. The van der Waals surface area contributed by atoms with Gasteiger partial charge in [-0.05, 0) is 43.9 Å². The minimum absolute atomic E-state index is 0. The molecule has 1 heterocycles. The molecule has 0 aromatic heterocycles. The van der Waals surface area contributed by atoms with Crippen molar-refractivity contribution in [2.24, 2.45) is 0 Å². The molecule has 5 nitrogen and oxygen atoms in total. The van der Waals surface area contributed by atoms with Crippen LogP contribution in [0.25, 0.3) is 0 Å². The molecule has 148 valence electrons. The Morgan fingerprint density at radius 3 is 2.50 bits per heavy atom. The van der Waals surface area contributed by atoms with Gasteiger partial charge in [-0.15, -0.1) is 0 Å². The highest BCUT2D eigenvalue weighted by atomic mass is 35.5. The zero-order chi connectivity index (χ0) is 18.1. The average molecular weight is 406 g/mol. The molecule has 1 aromatic carbocycles. The molecule has 7 heteroatoms. The van der Waals surface area contributed by atoms with Crippen LogP contribution in [0, 0.1) is 0 Å². The summed E-state index contributed by atoms with van der Waals surface area (Å²) in [6, 6.07) is 7.47. The van der Waals surface area contributed by atoms with Crippen LogP contribution in [-0.4, -0.2) is 61.1 Å². The monoisotopic (exact) mass is 405 g/mol. The third-order valence-corrected chi connectivity index (χ3v) is 4.88. The molecule has 0 aliphatic carbocycles. The predicted octanol–water partition coefficient (Wildman–Crippen LogP) is -0.215. The number of carbonyl (C=O) groups is 1. The van der Waals surface area contributed by atoms with Crippen molar-refractivity contribution >= 4 is 17.6 Å². The molecule has 1 aliphatic rings. The van der Waals surface area contributed by atoms with E-state index in [1.54, 1.807) is 0 Å². The van der Waals surface area contributed by atoms with E-state index in [9.17, 15) is 9.90 Å². The third kappa shape index (κ3) is 7.80. The SMILES string of the molecule is CCOC(=O)C[N+]1(CC(O)COCc2ccc(Cl)cc2)CCCCC1.[Cl-]. The van der Waals surface area contributed by atoms with E-state index in [1.807, 2.05) is 31.2 Å². The number of aliphatic hydroxyl groups excluding tert-OH is 1. The van der Waals surface area contributed by atoms with Gasteiger partial charge in [0.1, 0.15) is 12.6 Å². The lowest BCUT2D eigenvalue weighted by Gasteiger charge is -2.41. The van der Waals surface area contributed by atoms with E-state index in [0.29, 0.717) is 35.8 Å². The fourth-order valence-corrected chi connectivity index (χ4v) is 3.59. The Morgan fingerprint density at radius 2 is 1.88 bits per heavy atom. The topological polar surface area (TPSA) is 55.8 Å². The number of rotatable bonds is 9. The number of hydrogen-bond donors (Lipinski definition) is 1. The van der Waals surface area contributed by atoms with Gasteiger partial charge in [-0.2, -0.15) is 0 Å². The van der Waals surface area contributed by atoms with E-state index in [2.05, 4.69) is 0 Å². The summed E-state index contributed by atoms with van der Waals surface area (Å²) in [5.41, 5.74) is 1.02. The zero-order valence-corrected chi connectivity index (χ0v) is 16.8. The van der Waals surface area contributed by atoms with Crippen LogP contribution in [0.2, 0.25) is 5.02 Å². The number of aliphatic hydroxyl groups is 1. The maximum absolute atomic E-state index is 12.0. The maximum Gasteiger partial charge on any atom is 0.361 e. The Labute approximate surface area is 167 Å². The highest BCUT2D eigenvalue weighted by molar-refractivity contribution is 6.30. The van der Waals surface area contributed by atoms with Gasteiger partial charge in [0.2, 0.25) is 0 Å². The lowest BCUT2D eigenvalue weighted by atomic mass is 10.1. The third-order valence-electron chi connectivity index (χ3n) is 4.63. The molecular weight excluding hydrogens is 377 g/mol. The smallest absolute Gasteiger partial charge is 0.361 e. The molecule has 0 bridgehead atoms. The number of piperidine rings is 1. The predicted molar refractivity (Wildman–Crippen MR) is 97.3 cm³/mol. The van der Waals surface area contributed by atoms with E-state index in [1.165, 1.54) is 6.42 Å². The minimum Gasteiger partial charge on any atom is -1.00 e. The molecular formula is C19H29Cl2NO4. The van der Waals surface area contributed by atoms with Crippen molar-refractivity contribution in [1.82, 2.24) is 0 Å². The van der Waals surface area contributed by atoms with Gasteiger partial charge in [0.05, 0.1) is 32.9 Å². The second-order valence-corrected chi connectivity index (χ2v) is 7.23. The first kappa shape index (κ1) is 23.2. The average Bonchev–Trinajstić information content (AvgIpc) is 2.57. The number of halogens is 2. The molecule has 26 heavy (non-hydrogen) atoms. The highest BCUT2D eigenvalue weighted by Crippen LogP contribution is 2.20. The lowest BCUT2D eigenvalue weighted by molar-refractivity contribution is -0.928. The summed E-state index contributed by atoms with van der Waals surface area (Å²) in [5, 5.41) is 11.1. The Kier molecular flexibility index (Phi) is 10.5. The van der Waals surface area contributed by atoms with Crippen LogP contribution in [-0.2, 0) is 20.9 Å². The van der Waals surface area contributed by atoms with Crippen LogP contribution >= 0.6 is 11.6 Å². The molecule has 1 N–H and O–H groups in total. The van der Waals surface area contributed by atoms with Gasteiger partial charge in [0.25, 0.3) is 0 Å². The molecule has 1 aromatic rings. The van der Waals surface area contributed by atoms with Crippen molar-refractivity contribution in [2.75, 3.05) is 39.4 Å². The van der Waals surface area contributed by atoms with Crippen molar-refractivity contribution < 1.29 is 36.3 Å². The molecule has 1 saturated heterocycles. The lowest BCUT2D eigenvalue weighted by Crippen LogP contribution is -3.00. The molecule has 0 amide bonds. The number of quaternary nitrogens is 1. The molecule has 0 spiro atoms. The summed E-state index contributed by atoms with van der Waals surface area (Å²) in [6.07, 6.45) is 2.75. The molecule has 0 radical (unpaired) electrons. The van der Waals surface area contributed by atoms with Crippen molar-refractivity contribution in [3.63, 3.8) is 0 Å². The van der Waals surface area contributed by atoms with Gasteiger partial charge >= 0.3 is 5.97 Å². The van der Waals surface area contributed by atoms with Gasteiger partial charge in [-0.3, -0.25) is 0 Å². The number of esters is 1.